The maximum absolute atomic E-state index is 13.3. The zero-order valence-electron chi connectivity index (χ0n) is 14.6. The van der Waals surface area contributed by atoms with Crippen LogP contribution in [0.15, 0.2) is 12.1 Å². The molecule has 0 spiro atoms. The van der Waals surface area contributed by atoms with Gasteiger partial charge in [-0.05, 0) is 31.7 Å². The number of aliphatic hydroxyl groups is 1. The molecule has 1 aliphatic carbocycles. The van der Waals surface area contributed by atoms with Gasteiger partial charge in [0.15, 0.2) is 11.3 Å². The van der Waals surface area contributed by atoms with E-state index in [4.69, 9.17) is 4.74 Å². The molecule has 0 bridgehead atoms. The predicted molar refractivity (Wildman–Crippen MR) is 87.1 cm³/mol. The number of amides is 1. The van der Waals surface area contributed by atoms with Gasteiger partial charge < -0.3 is 14.7 Å². The molecule has 1 saturated heterocycles. The molecule has 2 aliphatic rings. The highest BCUT2D eigenvalue weighted by atomic mass is 19.4. The van der Waals surface area contributed by atoms with Gasteiger partial charge in [0.25, 0.3) is 5.91 Å². The van der Waals surface area contributed by atoms with Crippen molar-refractivity contribution < 1.29 is 27.8 Å². The normalized spacial score (nSPS) is 25.8. The first-order chi connectivity index (χ1) is 12.8. The Balaban J connectivity index is 1.69. The molecule has 3 atom stereocenters. The molecule has 2 aromatic rings. The van der Waals surface area contributed by atoms with Gasteiger partial charge in [0, 0.05) is 24.9 Å². The van der Waals surface area contributed by atoms with Crippen molar-refractivity contribution in [1.82, 2.24) is 19.5 Å². The molecule has 0 unspecified atom stereocenters. The predicted octanol–water partition coefficient (Wildman–Crippen LogP) is 1.67. The maximum atomic E-state index is 13.3. The van der Waals surface area contributed by atoms with Crippen molar-refractivity contribution in [2.45, 2.75) is 38.1 Å². The van der Waals surface area contributed by atoms with Crippen molar-refractivity contribution in [3.8, 4) is 0 Å². The van der Waals surface area contributed by atoms with Crippen LogP contribution in [0.1, 0.15) is 34.7 Å². The number of hydrogen-bond donors (Lipinski definition) is 1. The van der Waals surface area contributed by atoms with E-state index in [-0.39, 0.29) is 41.7 Å². The summed E-state index contributed by atoms with van der Waals surface area (Å²) in [4.78, 5) is 18.6. The first kappa shape index (κ1) is 18.2. The van der Waals surface area contributed by atoms with Gasteiger partial charge in [-0.1, -0.05) is 0 Å². The number of aromatic nitrogens is 3. The molecule has 1 amide bonds. The average molecular weight is 384 g/mol. The summed E-state index contributed by atoms with van der Waals surface area (Å²) in [6.07, 6.45) is -3.51. The lowest BCUT2D eigenvalue weighted by molar-refractivity contribution is -0.142. The third-order valence-electron chi connectivity index (χ3n) is 5.22. The number of ether oxygens (including phenoxy) is 1. The molecule has 2 fully saturated rings. The van der Waals surface area contributed by atoms with Crippen LogP contribution in [0.4, 0.5) is 13.2 Å². The topological polar surface area (TPSA) is 80.0 Å². The van der Waals surface area contributed by atoms with E-state index in [1.807, 2.05) is 0 Å². The fourth-order valence-electron chi connectivity index (χ4n) is 4.01. The standard InChI is InChI=1S/C17H19F3N4O3/c1-9-4-14(17(18,19)20)24-15(21-9)7-11(22-24)16(26)23-2-3-27-13-6-10(8-25)5-12(13)23/h4,7,10,12-13,25H,2-3,5-6,8H2,1H3/t10-,12+,13+/m1/s1. The molecule has 146 valence electrons. The van der Waals surface area contributed by atoms with Gasteiger partial charge in [0.1, 0.15) is 5.69 Å². The van der Waals surface area contributed by atoms with E-state index in [9.17, 15) is 23.1 Å². The fourth-order valence-corrected chi connectivity index (χ4v) is 4.01. The first-order valence-corrected chi connectivity index (χ1v) is 8.76. The molecular formula is C17H19F3N4O3. The van der Waals surface area contributed by atoms with Gasteiger partial charge in [-0.15, -0.1) is 0 Å². The molecule has 10 heteroatoms. The summed E-state index contributed by atoms with van der Waals surface area (Å²) < 4.78 is 46.3. The van der Waals surface area contributed by atoms with Gasteiger partial charge in [-0.25, -0.2) is 9.50 Å². The van der Waals surface area contributed by atoms with Crippen molar-refractivity contribution in [3.63, 3.8) is 0 Å². The molecule has 3 heterocycles. The number of hydrogen-bond acceptors (Lipinski definition) is 5. The lowest BCUT2D eigenvalue weighted by Gasteiger charge is -2.37. The molecule has 1 N–H and O–H groups in total. The van der Waals surface area contributed by atoms with Crippen LogP contribution < -0.4 is 0 Å². The van der Waals surface area contributed by atoms with E-state index in [1.165, 1.54) is 13.0 Å². The second-order valence-corrected chi connectivity index (χ2v) is 7.08. The number of nitrogens with zero attached hydrogens (tertiary/aromatic N) is 4. The Morgan fingerprint density at radius 3 is 2.85 bits per heavy atom. The Bertz CT molecular complexity index is 882. The van der Waals surface area contributed by atoms with Gasteiger partial charge in [-0.2, -0.15) is 18.3 Å². The Morgan fingerprint density at radius 2 is 2.15 bits per heavy atom. The molecule has 1 aliphatic heterocycles. The number of fused-ring (bicyclic) bond motifs is 2. The van der Waals surface area contributed by atoms with Crippen LogP contribution >= 0.6 is 0 Å². The zero-order chi connectivity index (χ0) is 19.3. The Morgan fingerprint density at radius 1 is 1.37 bits per heavy atom. The van der Waals surface area contributed by atoms with E-state index >= 15 is 0 Å². The molecular weight excluding hydrogens is 365 g/mol. The van der Waals surface area contributed by atoms with Gasteiger partial charge >= 0.3 is 6.18 Å². The quantitative estimate of drug-likeness (QED) is 0.852. The van der Waals surface area contributed by atoms with Crippen molar-refractivity contribution >= 4 is 11.6 Å². The maximum Gasteiger partial charge on any atom is 0.433 e. The van der Waals surface area contributed by atoms with Crippen LogP contribution in [-0.4, -0.2) is 62.4 Å². The zero-order valence-corrected chi connectivity index (χ0v) is 14.6. The minimum Gasteiger partial charge on any atom is -0.396 e. The third kappa shape index (κ3) is 3.16. The first-order valence-electron chi connectivity index (χ1n) is 8.76. The van der Waals surface area contributed by atoms with Crippen molar-refractivity contribution in [1.29, 1.82) is 0 Å². The van der Waals surface area contributed by atoms with E-state index in [1.54, 1.807) is 4.90 Å². The van der Waals surface area contributed by atoms with Gasteiger partial charge in [0.05, 0.1) is 18.8 Å². The van der Waals surface area contributed by atoms with E-state index in [0.717, 1.165) is 6.07 Å². The number of alkyl halides is 3. The lowest BCUT2D eigenvalue weighted by atomic mass is 10.1. The van der Waals surface area contributed by atoms with Crippen LogP contribution in [0.3, 0.4) is 0 Å². The number of carbonyl (C=O) groups is 1. The summed E-state index contributed by atoms with van der Waals surface area (Å²) in [7, 11) is 0. The Kier molecular flexibility index (Phi) is 4.34. The molecule has 1 saturated carbocycles. The molecule has 7 nitrogen and oxygen atoms in total. The minimum absolute atomic E-state index is 0.0184. The molecule has 4 rings (SSSR count). The van der Waals surface area contributed by atoms with Crippen LogP contribution in [0, 0.1) is 12.8 Å². The number of halogens is 3. The third-order valence-corrected chi connectivity index (χ3v) is 5.22. The lowest BCUT2D eigenvalue weighted by Crippen LogP contribution is -2.51. The summed E-state index contributed by atoms with van der Waals surface area (Å²) in [6, 6.07) is 1.99. The smallest absolute Gasteiger partial charge is 0.396 e. The van der Waals surface area contributed by atoms with E-state index in [2.05, 4.69) is 10.1 Å². The second-order valence-electron chi connectivity index (χ2n) is 7.08. The highest BCUT2D eigenvalue weighted by Crippen LogP contribution is 2.35. The van der Waals surface area contributed by atoms with Crippen molar-refractivity contribution in [2.24, 2.45) is 5.92 Å². The summed E-state index contributed by atoms with van der Waals surface area (Å²) in [6.45, 7) is 2.17. The largest absolute Gasteiger partial charge is 0.433 e. The number of rotatable bonds is 2. The highest BCUT2D eigenvalue weighted by Gasteiger charge is 2.43. The fraction of sp³-hybridized carbons (Fsp3) is 0.588. The van der Waals surface area contributed by atoms with E-state index < -0.39 is 17.8 Å². The van der Waals surface area contributed by atoms with Crippen LogP contribution in [-0.2, 0) is 10.9 Å². The summed E-state index contributed by atoms with van der Waals surface area (Å²) in [5.41, 5.74) is -0.867. The monoisotopic (exact) mass is 384 g/mol. The summed E-state index contributed by atoms with van der Waals surface area (Å²) in [5.74, 6) is -0.390. The number of carbonyl (C=O) groups excluding carboxylic acids is 1. The highest BCUT2D eigenvalue weighted by molar-refractivity contribution is 5.93. The molecule has 2 aromatic heterocycles. The van der Waals surface area contributed by atoms with Gasteiger partial charge in [-0.3, -0.25) is 4.79 Å². The van der Waals surface area contributed by atoms with Crippen LogP contribution in [0.2, 0.25) is 0 Å². The van der Waals surface area contributed by atoms with Gasteiger partial charge in [0.2, 0.25) is 0 Å². The number of aliphatic hydroxyl groups excluding tert-OH is 1. The Labute approximate surface area is 152 Å². The summed E-state index contributed by atoms with van der Waals surface area (Å²) >= 11 is 0. The molecule has 0 aromatic carbocycles. The van der Waals surface area contributed by atoms with Crippen molar-refractivity contribution in [2.75, 3.05) is 19.8 Å². The van der Waals surface area contributed by atoms with Crippen LogP contribution in [0.5, 0.6) is 0 Å². The Hall–Kier alpha value is -2.20. The number of aryl methyl sites for hydroxylation is 1. The summed E-state index contributed by atoms with van der Waals surface area (Å²) in [5, 5.41) is 13.3. The van der Waals surface area contributed by atoms with Crippen molar-refractivity contribution in [3.05, 3.63) is 29.2 Å². The molecule has 27 heavy (non-hydrogen) atoms. The van der Waals surface area contributed by atoms with E-state index in [0.29, 0.717) is 30.5 Å². The second kappa shape index (κ2) is 6.45. The SMILES string of the molecule is Cc1cc(C(F)(F)F)n2nc(C(=O)N3CCO[C@H]4C[C@H](CO)C[C@@H]43)cc2n1. The molecule has 0 radical (unpaired) electrons. The van der Waals surface area contributed by atoms with Crippen LogP contribution in [0.25, 0.3) is 5.65 Å². The minimum atomic E-state index is -4.61. The average Bonchev–Trinajstić information content (AvgIpc) is 3.22. The number of morpholine rings is 1.